The maximum atomic E-state index is 12.7. The van der Waals surface area contributed by atoms with Crippen molar-refractivity contribution in [1.29, 1.82) is 0 Å². The first kappa shape index (κ1) is 14.7. The summed E-state index contributed by atoms with van der Waals surface area (Å²) in [6.45, 7) is 3.64. The molecule has 2 heterocycles. The van der Waals surface area contributed by atoms with Gasteiger partial charge in [-0.25, -0.2) is 5.10 Å². The van der Waals surface area contributed by atoms with E-state index >= 15 is 0 Å². The fraction of sp³-hybridized carbons (Fsp3) is 0.400. The maximum Gasteiger partial charge on any atom is 0.248 e. The molecule has 1 aliphatic rings. The molecule has 116 valence electrons. The predicted molar refractivity (Wildman–Crippen MR) is 83.3 cm³/mol. The van der Waals surface area contributed by atoms with E-state index in [0.29, 0.717) is 5.95 Å². The van der Waals surface area contributed by atoms with Crippen molar-refractivity contribution in [3.63, 3.8) is 0 Å². The lowest BCUT2D eigenvalue weighted by Gasteiger charge is -2.37. The van der Waals surface area contributed by atoms with E-state index in [1.54, 1.807) is 0 Å². The van der Waals surface area contributed by atoms with Crippen LogP contribution in [-0.2, 0) is 4.79 Å². The van der Waals surface area contributed by atoms with Gasteiger partial charge in [0.15, 0.2) is 0 Å². The molecule has 2 N–H and O–H groups in total. The van der Waals surface area contributed by atoms with E-state index in [9.17, 15) is 4.79 Å². The number of aromatic amines is 1. The molecule has 0 unspecified atom stereocenters. The van der Waals surface area contributed by atoms with Crippen molar-refractivity contribution in [2.24, 2.45) is 0 Å². The molecule has 7 heteroatoms. The highest BCUT2D eigenvalue weighted by molar-refractivity contribution is 5.94. The van der Waals surface area contributed by atoms with Gasteiger partial charge in [0.1, 0.15) is 12.4 Å². The van der Waals surface area contributed by atoms with Gasteiger partial charge in [-0.2, -0.15) is 10.1 Å². The van der Waals surface area contributed by atoms with Crippen LogP contribution < -0.4 is 5.32 Å². The summed E-state index contributed by atoms with van der Waals surface area (Å²) >= 11 is 0. The number of aromatic nitrogens is 3. The van der Waals surface area contributed by atoms with Crippen LogP contribution in [0.5, 0.6) is 0 Å². The van der Waals surface area contributed by atoms with Gasteiger partial charge in [0.25, 0.3) is 0 Å². The molecular weight excluding hydrogens is 280 g/mol. The molecule has 0 radical (unpaired) electrons. The molecule has 1 atom stereocenters. The third-order valence-corrected chi connectivity index (χ3v) is 3.92. The lowest BCUT2D eigenvalue weighted by atomic mass is 10.0. The van der Waals surface area contributed by atoms with Crippen molar-refractivity contribution in [3.8, 4) is 0 Å². The van der Waals surface area contributed by atoms with E-state index < -0.39 is 0 Å². The Hall–Kier alpha value is -2.25. The summed E-state index contributed by atoms with van der Waals surface area (Å²) in [6, 6.07) is 9.53. The summed E-state index contributed by atoms with van der Waals surface area (Å²) in [5, 5.41) is 9.23. The third-order valence-electron chi connectivity index (χ3n) is 3.92. The van der Waals surface area contributed by atoms with Crippen LogP contribution in [0.1, 0.15) is 11.6 Å². The van der Waals surface area contributed by atoms with Crippen LogP contribution in [0.4, 0.5) is 5.95 Å². The van der Waals surface area contributed by atoms with Gasteiger partial charge in [0.2, 0.25) is 11.9 Å². The van der Waals surface area contributed by atoms with Gasteiger partial charge in [-0.1, -0.05) is 30.3 Å². The Bertz CT molecular complexity index is 592. The summed E-state index contributed by atoms with van der Waals surface area (Å²) in [5.74, 6) is 0.285. The molecule has 0 saturated carbocycles. The molecule has 0 bridgehead atoms. The fourth-order valence-corrected chi connectivity index (χ4v) is 2.69. The second-order valence-corrected chi connectivity index (χ2v) is 5.48. The minimum Gasteiger partial charge on any atom is -0.304 e. The highest BCUT2D eigenvalue weighted by Crippen LogP contribution is 2.23. The number of anilines is 1. The largest absolute Gasteiger partial charge is 0.304 e. The highest BCUT2D eigenvalue weighted by atomic mass is 16.2. The fourth-order valence-electron chi connectivity index (χ4n) is 2.69. The van der Waals surface area contributed by atoms with E-state index in [0.717, 1.165) is 31.7 Å². The molecule has 1 aromatic carbocycles. The number of carbonyl (C=O) groups excluding carboxylic acids is 1. The monoisotopic (exact) mass is 300 g/mol. The van der Waals surface area contributed by atoms with Gasteiger partial charge in [-0.15, -0.1) is 0 Å². The van der Waals surface area contributed by atoms with Crippen LogP contribution in [0.2, 0.25) is 0 Å². The summed E-state index contributed by atoms with van der Waals surface area (Å²) in [7, 11) is 2.10. The number of hydrogen-bond acceptors (Lipinski definition) is 5. The number of rotatable bonds is 4. The van der Waals surface area contributed by atoms with Crippen LogP contribution >= 0.6 is 0 Å². The number of likely N-dealkylation sites (N-methyl/N-ethyl adjacent to an activating group) is 1. The average Bonchev–Trinajstić information content (AvgIpc) is 3.03. The molecular formula is C15H20N6O. The lowest BCUT2D eigenvalue weighted by Crippen LogP contribution is -2.48. The zero-order valence-corrected chi connectivity index (χ0v) is 12.6. The van der Waals surface area contributed by atoms with Crippen molar-refractivity contribution >= 4 is 11.9 Å². The first-order chi connectivity index (χ1) is 10.7. The Morgan fingerprint density at radius 2 is 1.95 bits per heavy atom. The summed E-state index contributed by atoms with van der Waals surface area (Å²) in [5.41, 5.74) is 0.990. The number of piperazine rings is 1. The minimum atomic E-state index is -0.319. The van der Waals surface area contributed by atoms with Crippen LogP contribution in [0, 0.1) is 0 Å². The third kappa shape index (κ3) is 3.32. The average molecular weight is 300 g/mol. The zero-order chi connectivity index (χ0) is 15.4. The molecule has 0 aliphatic carbocycles. The molecule has 1 aliphatic heterocycles. The van der Waals surface area contributed by atoms with Crippen LogP contribution in [0.25, 0.3) is 0 Å². The first-order valence-electron chi connectivity index (χ1n) is 7.38. The number of amides is 1. The Labute approximate surface area is 129 Å². The van der Waals surface area contributed by atoms with Crippen molar-refractivity contribution in [2.75, 3.05) is 38.5 Å². The van der Waals surface area contributed by atoms with Gasteiger partial charge in [0, 0.05) is 26.2 Å². The number of benzene rings is 1. The molecule has 7 nitrogen and oxygen atoms in total. The quantitative estimate of drug-likeness (QED) is 0.870. The minimum absolute atomic E-state index is 0.0903. The Morgan fingerprint density at radius 3 is 2.59 bits per heavy atom. The summed E-state index contributed by atoms with van der Waals surface area (Å²) in [4.78, 5) is 21.2. The van der Waals surface area contributed by atoms with E-state index in [1.807, 2.05) is 30.3 Å². The molecule has 3 rings (SSSR count). The van der Waals surface area contributed by atoms with Crippen LogP contribution in [-0.4, -0.2) is 64.1 Å². The summed E-state index contributed by atoms with van der Waals surface area (Å²) < 4.78 is 0. The molecule has 0 spiro atoms. The Kier molecular flexibility index (Phi) is 4.45. The number of carbonyl (C=O) groups is 1. The van der Waals surface area contributed by atoms with E-state index in [1.165, 1.54) is 6.33 Å². The molecule has 2 aromatic rings. The standard InChI is InChI=1S/C15H20N6O/c1-20-7-9-21(10-8-20)13(12-5-3-2-4-6-12)14(22)18-15-16-11-17-19-15/h2-6,11,13H,7-10H2,1H3,(H2,16,17,18,19,22)/t13-/m1/s1. The van der Waals surface area contributed by atoms with E-state index in [4.69, 9.17) is 0 Å². The molecule has 1 saturated heterocycles. The molecule has 1 amide bonds. The maximum absolute atomic E-state index is 12.7. The Balaban J connectivity index is 1.81. The molecule has 1 aromatic heterocycles. The SMILES string of the molecule is CN1CCN([C@@H](C(=O)Nc2ncn[nH]2)c2ccccc2)CC1. The number of hydrogen-bond donors (Lipinski definition) is 2. The zero-order valence-electron chi connectivity index (χ0n) is 12.6. The van der Waals surface area contributed by atoms with Crippen LogP contribution in [0.3, 0.4) is 0 Å². The predicted octanol–water partition coefficient (Wildman–Crippen LogP) is 0.732. The normalized spacial score (nSPS) is 18.0. The molecule has 1 fully saturated rings. The topological polar surface area (TPSA) is 77.2 Å². The van der Waals surface area contributed by atoms with Crippen molar-refractivity contribution in [3.05, 3.63) is 42.2 Å². The Morgan fingerprint density at radius 1 is 1.23 bits per heavy atom. The van der Waals surface area contributed by atoms with Gasteiger partial charge in [0.05, 0.1) is 0 Å². The highest BCUT2D eigenvalue weighted by Gasteiger charge is 2.30. The molecule has 22 heavy (non-hydrogen) atoms. The smallest absolute Gasteiger partial charge is 0.248 e. The van der Waals surface area contributed by atoms with Gasteiger partial charge in [-0.05, 0) is 12.6 Å². The van der Waals surface area contributed by atoms with Gasteiger partial charge in [-0.3, -0.25) is 15.0 Å². The van der Waals surface area contributed by atoms with Crippen molar-refractivity contribution in [2.45, 2.75) is 6.04 Å². The van der Waals surface area contributed by atoms with E-state index in [2.05, 4.69) is 37.3 Å². The first-order valence-corrected chi connectivity index (χ1v) is 7.38. The van der Waals surface area contributed by atoms with Gasteiger partial charge < -0.3 is 4.90 Å². The van der Waals surface area contributed by atoms with Gasteiger partial charge >= 0.3 is 0 Å². The lowest BCUT2D eigenvalue weighted by molar-refractivity contribution is -0.122. The number of nitrogens with zero attached hydrogens (tertiary/aromatic N) is 4. The summed E-state index contributed by atoms with van der Waals surface area (Å²) in [6.07, 6.45) is 1.38. The second kappa shape index (κ2) is 6.67. The van der Waals surface area contributed by atoms with Crippen molar-refractivity contribution < 1.29 is 4.79 Å². The second-order valence-electron chi connectivity index (χ2n) is 5.48. The van der Waals surface area contributed by atoms with E-state index in [-0.39, 0.29) is 11.9 Å². The van der Waals surface area contributed by atoms with Crippen molar-refractivity contribution in [1.82, 2.24) is 25.0 Å². The number of nitrogens with one attached hydrogen (secondary N) is 2. The number of H-pyrrole nitrogens is 1. The van der Waals surface area contributed by atoms with Crippen LogP contribution in [0.15, 0.2) is 36.7 Å².